The number of furan rings is 1. The molecule has 1 aromatic carbocycles. The fourth-order valence-corrected chi connectivity index (χ4v) is 3.12. The summed E-state index contributed by atoms with van der Waals surface area (Å²) in [5.74, 6) is 0.757. The fourth-order valence-electron chi connectivity index (χ4n) is 3.12. The molecule has 0 bridgehead atoms. The number of rotatable bonds is 8. The van der Waals surface area contributed by atoms with Gasteiger partial charge in [-0.15, -0.1) is 0 Å². The first kappa shape index (κ1) is 21.1. The highest BCUT2D eigenvalue weighted by Gasteiger charge is 2.13. The number of hydrogen-bond acceptors (Lipinski definition) is 6. The molecule has 0 saturated carbocycles. The summed E-state index contributed by atoms with van der Waals surface area (Å²) in [6, 6.07) is 10.7. The lowest BCUT2D eigenvalue weighted by molar-refractivity contribution is -0.121. The molecule has 0 atom stereocenters. The Morgan fingerprint density at radius 1 is 1.09 bits per heavy atom. The largest absolute Gasteiger partial charge is 0.472 e. The Morgan fingerprint density at radius 2 is 1.91 bits per heavy atom. The van der Waals surface area contributed by atoms with Crippen molar-refractivity contribution in [3.05, 3.63) is 77.8 Å². The molecular weight excluding hydrogens is 410 g/mol. The number of anilines is 1. The SMILES string of the molecule is Cc1oc(-c2ccc(NC(=O)c3ccoc3)cc2)nc1CNC(=O)CCn1nccc1C. The molecule has 4 aromatic rings. The maximum absolute atomic E-state index is 12.2. The molecule has 164 valence electrons. The van der Waals surface area contributed by atoms with Crippen LogP contribution in [0.3, 0.4) is 0 Å². The van der Waals surface area contributed by atoms with Crippen LogP contribution in [0, 0.1) is 13.8 Å². The van der Waals surface area contributed by atoms with Crippen molar-refractivity contribution in [1.82, 2.24) is 20.1 Å². The van der Waals surface area contributed by atoms with E-state index in [2.05, 4.69) is 20.7 Å². The van der Waals surface area contributed by atoms with Gasteiger partial charge in [0, 0.05) is 36.1 Å². The average Bonchev–Trinajstić information content (AvgIpc) is 3.53. The molecule has 3 aromatic heterocycles. The van der Waals surface area contributed by atoms with Gasteiger partial charge in [0.2, 0.25) is 11.8 Å². The molecule has 0 aliphatic heterocycles. The summed E-state index contributed by atoms with van der Waals surface area (Å²) in [4.78, 5) is 28.8. The maximum Gasteiger partial charge on any atom is 0.258 e. The molecular formula is C23H23N5O4. The van der Waals surface area contributed by atoms with Crippen LogP contribution in [0.15, 0.2) is 64.0 Å². The molecule has 0 radical (unpaired) electrons. The van der Waals surface area contributed by atoms with E-state index in [1.807, 2.05) is 32.0 Å². The molecule has 0 aliphatic carbocycles. The van der Waals surface area contributed by atoms with Gasteiger partial charge in [-0.25, -0.2) is 4.98 Å². The smallest absolute Gasteiger partial charge is 0.258 e. The fraction of sp³-hybridized carbons (Fsp3) is 0.217. The summed E-state index contributed by atoms with van der Waals surface area (Å²) in [5.41, 5.74) is 3.54. The summed E-state index contributed by atoms with van der Waals surface area (Å²) in [6.07, 6.45) is 4.88. The summed E-state index contributed by atoms with van der Waals surface area (Å²) >= 11 is 0. The number of benzene rings is 1. The van der Waals surface area contributed by atoms with Crippen LogP contribution in [0.25, 0.3) is 11.5 Å². The normalized spacial score (nSPS) is 10.8. The molecule has 0 fully saturated rings. The lowest BCUT2D eigenvalue weighted by Crippen LogP contribution is -2.24. The van der Waals surface area contributed by atoms with Gasteiger partial charge in [-0.05, 0) is 50.2 Å². The second kappa shape index (κ2) is 9.34. The predicted octanol–water partition coefficient (Wildman–Crippen LogP) is 3.71. The molecule has 4 rings (SSSR count). The van der Waals surface area contributed by atoms with E-state index < -0.39 is 0 Å². The monoisotopic (exact) mass is 433 g/mol. The zero-order valence-electron chi connectivity index (χ0n) is 17.8. The summed E-state index contributed by atoms with van der Waals surface area (Å²) < 4.78 is 12.5. The minimum absolute atomic E-state index is 0.0819. The van der Waals surface area contributed by atoms with Crippen molar-refractivity contribution in [1.29, 1.82) is 0 Å². The quantitative estimate of drug-likeness (QED) is 0.438. The van der Waals surface area contributed by atoms with Crippen LogP contribution >= 0.6 is 0 Å². The van der Waals surface area contributed by atoms with Crippen LogP contribution in [-0.2, 0) is 17.9 Å². The van der Waals surface area contributed by atoms with Crippen LogP contribution in [0.1, 0.15) is 33.9 Å². The molecule has 0 aliphatic rings. The Morgan fingerprint density at radius 3 is 2.59 bits per heavy atom. The van der Waals surface area contributed by atoms with Gasteiger partial charge in [-0.2, -0.15) is 5.10 Å². The number of aromatic nitrogens is 3. The van der Waals surface area contributed by atoms with Gasteiger partial charge in [0.05, 0.1) is 18.4 Å². The minimum Gasteiger partial charge on any atom is -0.472 e. The van der Waals surface area contributed by atoms with Gasteiger partial charge >= 0.3 is 0 Å². The topological polar surface area (TPSA) is 115 Å². The van der Waals surface area contributed by atoms with Crippen LogP contribution in [-0.4, -0.2) is 26.6 Å². The number of carbonyl (C=O) groups excluding carboxylic acids is 2. The average molecular weight is 433 g/mol. The van der Waals surface area contributed by atoms with E-state index in [4.69, 9.17) is 8.83 Å². The number of aryl methyl sites for hydroxylation is 3. The molecule has 9 nitrogen and oxygen atoms in total. The second-order valence-corrected chi connectivity index (χ2v) is 7.29. The van der Waals surface area contributed by atoms with Gasteiger partial charge in [-0.3, -0.25) is 14.3 Å². The summed E-state index contributed by atoms with van der Waals surface area (Å²) in [5, 5.41) is 9.84. The van der Waals surface area contributed by atoms with E-state index in [0.717, 1.165) is 11.3 Å². The van der Waals surface area contributed by atoms with Crippen LogP contribution in [0.4, 0.5) is 5.69 Å². The highest BCUT2D eigenvalue weighted by atomic mass is 16.4. The Kier molecular flexibility index (Phi) is 6.16. The second-order valence-electron chi connectivity index (χ2n) is 7.29. The van der Waals surface area contributed by atoms with E-state index >= 15 is 0 Å². The lowest BCUT2D eigenvalue weighted by atomic mass is 10.2. The number of hydrogen-bond donors (Lipinski definition) is 2. The first-order chi connectivity index (χ1) is 15.5. The van der Waals surface area contributed by atoms with Crippen LogP contribution in [0.5, 0.6) is 0 Å². The molecule has 0 spiro atoms. The van der Waals surface area contributed by atoms with Gasteiger partial charge < -0.3 is 19.5 Å². The third-order valence-electron chi connectivity index (χ3n) is 5.00. The molecule has 2 N–H and O–H groups in total. The van der Waals surface area contributed by atoms with Gasteiger partial charge in [0.25, 0.3) is 5.91 Å². The number of amides is 2. The molecule has 0 saturated heterocycles. The highest BCUT2D eigenvalue weighted by molar-refractivity contribution is 6.04. The Hall–Kier alpha value is -4.14. The molecule has 3 heterocycles. The van der Waals surface area contributed by atoms with E-state index in [1.165, 1.54) is 12.5 Å². The van der Waals surface area contributed by atoms with Crippen molar-refractivity contribution < 1.29 is 18.4 Å². The summed E-state index contributed by atoms with van der Waals surface area (Å²) in [7, 11) is 0. The lowest BCUT2D eigenvalue weighted by Gasteiger charge is -2.05. The van der Waals surface area contributed by atoms with Crippen LogP contribution < -0.4 is 10.6 Å². The van der Waals surface area contributed by atoms with Gasteiger partial charge in [0.1, 0.15) is 17.7 Å². The number of nitrogens with one attached hydrogen (secondary N) is 2. The van der Waals surface area contributed by atoms with Gasteiger partial charge in [0.15, 0.2) is 0 Å². The predicted molar refractivity (Wildman–Crippen MR) is 117 cm³/mol. The van der Waals surface area contributed by atoms with Crippen molar-refractivity contribution in [2.45, 2.75) is 33.4 Å². The molecule has 0 unspecified atom stereocenters. The molecule has 9 heteroatoms. The number of carbonyl (C=O) groups is 2. The third kappa shape index (κ3) is 4.94. The summed E-state index contributed by atoms with van der Waals surface area (Å²) in [6.45, 7) is 4.57. The van der Waals surface area contributed by atoms with E-state index in [1.54, 1.807) is 29.1 Å². The van der Waals surface area contributed by atoms with E-state index in [-0.39, 0.29) is 18.4 Å². The minimum atomic E-state index is -0.251. The third-order valence-corrected chi connectivity index (χ3v) is 5.00. The van der Waals surface area contributed by atoms with Crippen molar-refractivity contribution in [2.75, 3.05) is 5.32 Å². The van der Waals surface area contributed by atoms with Crippen LogP contribution in [0.2, 0.25) is 0 Å². The van der Waals surface area contributed by atoms with Crippen molar-refractivity contribution in [2.24, 2.45) is 0 Å². The number of oxazole rings is 1. The highest BCUT2D eigenvalue weighted by Crippen LogP contribution is 2.23. The van der Waals surface area contributed by atoms with E-state index in [9.17, 15) is 9.59 Å². The zero-order chi connectivity index (χ0) is 22.5. The Labute approximate surface area is 184 Å². The zero-order valence-corrected chi connectivity index (χ0v) is 17.8. The maximum atomic E-state index is 12.2. The van der Waals surface area contributed by atoms with Crippen molar-refractivity contribution in [3.8, 4) is 11.5 Å². The van der Waals surface area contributed by atoms with Gasteiger partial charge in [-0.1, -0.05) is 0 Å². The Balaban J connectivity index is 1.33. The molecule has 32 heavy (non-hydrogen) atoms. The standard InChI is InChI=1S/C23H23N5O4/c1-15-7-10-25-28(15)11-8-21(29)24-13-20-16(2)32-23(27-20)17-3-5-19(6-4-17)26-22(30)18-9-12-31-14-18/h3-7,9-10,12,14H,8,11,13H2,1-2H3,(H,24,29)(H,26,30). The van der Waals surface area contributed by atoms with Crippen molar-refractivity contribution in [3.63, 3.8) is 0 Å². The van der Waals surface area contributed by atoms with Crippen molar-refractivity contribution >= 4 is 17.5 Å². The molecule has 2 amide bonds. The van der Waals surface area contributed by atoms with E-state index in [0.29, 0.717) is 41.6 Å². The number of nitrogens with zero attached hydrogens (tertiary/aromatic N) is 3. The Bertz CT molecular complexity index is 1210. The first-order valence-corrected chi connectivity index (χ1v) is 10.1. The first-order valence-electron chi connectivity index (χ1n) is 10.1.